The summed E-state index contributed by atoms with van der Waals surface area (Å²) in [5.74, 6) is 0.919. The normalized spacial score (nSPS) is 11.9. The van der Waals surface area contributed by atoms with Crippen LogP contribution in [-0.4, -0.2) is 11.9 Å². The summed E-state index contributed by atoms with van der Waals surface area (Å²) in [5.41, 5.74) is 1.01. The van der Waals surface area contributed by atoms with Crippen molar-refractivity contribution in [2.75, 3.05) is 5.32 Å². The van der Waals surface area contributed by atoms with Crippen LogP contribution in [0.3, 0.4) is 0 Å². The molecule has 3 heteroatoms. The average molecular weight is 211 g/mol. The lowest BCUT2D eigenvalue weighted by Gasteiger charge is -2.06. The Hall–Kier alpha value is -1.02. The Morgan fingerprint density at radius 1 is 1.29 bits per heavy atom. The summed E-state index contributed by atoms with van der Waals surface area (Å²) < 4.78 is 0. The van der Waals surface area contributed by atoms with Crippen LogP contribution in [0.1, 0.15) is 20.8 Å². The van der Waals surface area contributed by atoms with E-state index in [0.717, 1.165) is 16.5 Å². The molecule has 0 atom stereocenters. The van der Waals surface area contributed by atoms with Crippen molar-refractivity contribution in [2.24, 2.45) is 4.99 Å². The van der Waals surface area contributed by atoms with E-state index in [9.17, 15) is 0 Å². The quantitative estimate of drug-likeness (QED) is 0.586. The van der Waals surface area contributed by atoms with Crippen molar-refractivity contribution >= 4 is 23.1 Å². The second-order valence-corrected chi connectivity index (χ2v) is 3.88. The highest BCUT2D eigenvalue weighted by Gasteiger charge is 1.95. The van der Waals surface area contributed by atoms with Gasteiger partial charge in [-0.15, -0.1) is 0 Å². The smallest absolute Gasteiger partial charge is 0.0978 e. The Labute approximate surface area is 90.0 Å². The molecular formula is C11H15ClN2. The van der Waals surface area contributed by atoms with Gasteiger partial charge >= 0.3 is 0 Å². The van der Waals surface area contributed by atoms with E-state index < -0.39 is 0 Å². The Balaban J connectivity index is 2.65. The van der Waals surface area contributed by atoms with Crippen LogP contribution in [0.4, 0.5) is 5.69 Å². The molecule has 0 aliphatic heterocycles. The molecule has 0 radical (unpaired) electrons. The van der Waals surface area contributed by atoms with E-state index in [4.69, 9.17) is 11.6 Å². The third-order valence-electron chi connectivity index (χ3n) is 1.62. The summed E-state index contributed by atoms with van der Waals surface area (Å²) in [6.45, 7) is 6.05. The third kappa shape index (κ3) is 3.79. The Morgan fingerprint density at radius 3 is 2.36 bits per heavy atom. The van der Waals surface area contributed by atoms with E-state index in [2.05, 4.69) is 10.3 Å². The highest BCUT2D eigenvalue weighted by Crippen LogP contribution is 2.13. The summed E-state index contributed by atoms with van der Waals surface area (Å²) in [6.07, 6.45) is 0. The zero-order valence-corrected chi connectivity index (χ0v) is 9.47. The third-order valence-corrected chi connectivity index (χ3v) is 1.87. The van der Waals surface area contributed by atoms with Crippen LogP contribution in [0.15, 0.2) is 29.3 Å². The van der Waals surface area contributed by atoms with Crippen LogP contribution in [0, 0.1) is 0 Å². The SMILES string of the molecule is CC(=NC(C)C)Nc1ccc(Cl)cc1. The fourth-order valence-electron chi connectivity index (χ4n) is 1.16. The lowest BCUT2D eigenvalue weighted by molar-refractivity contribution is 0.834. The molecule has 0 spiro atoms. The Kier molecular flexibility index (Phi) is 3.96. The van der Waals surface area contributed by atoms with Crippen LogP contribution in [-0.2, 0) is 0 Å². The number of halogens is 1. The highest BCUT2D eigenvalue weighted by atomic mass is 35.5. The second kappa shape index (κ2) is 5.01. The van der Waals surface area contributed by atoms with Gasteiger partial charge in [-0.05, 0) is 45.0 Å². The van der Waals surface area contributed by atoms with Crippen LogP contribution in [0.25, 0.3) is 0 Å². The molecule has 0 aliphatic rings. The maximum atomic E-state index is 5.77. The fraction of sp³-hybridized carbons (Fsp3) is 0.364. The maximum absolute atomic E-state index is 5.77. The number of aliphatic imine (C=N–C) groups is 1. The molecule has 1 aromatic rings. The van der Waals surface area contributed by atoms with Crippen molar-refractivity contribution in [1.82, 2.24) is 0 Å². The molecule has 0 unspecified atom stereocenters. The van der Waals surface area contributed by atoms with Crippen molar-refractivity contribution in [3.05, 3.63) is 29.3 Å². The molecule has 14 heavy (non-hydrogen) atoms. The van der Waals surface area contributed by atoms with Gasteiger partial charge in [0.05, 0.1) is 5.84 Å². The van der Waals surface area contributed by atoms with Gasteiger partial charge in [0.1, 0.15) is 0 Å². The molecule has 0 bridgehead atoms. The van der Waals surface area contributed by atoms with E-state index in [1.165, 1.54) is 0 Å². The molecule has 0 aromatic heterocycles. The van der Waals surface area contributed by atoms with Gasteiger partial charge in [0.25, 0.3) is 0 Å². The molecule has 0 saturated heterocycles. The topological polar surface area (TPSA) is 24.4 Å². The first kappa shape index (κ1) is 11.1. The Bertz CT molecular complexity index is 315. The minimum Gasteiger partial charge on any atom is -0.344 e. The molecule has 0 fully saturated rings. The molecular weight excluding hydrogens is 196 g/mol. The molecule has 2 nitrogen and oxygen atoms in total. The minimum absolute atomic E-state index is 0.315. The zero-order valence-electron chi connectivity index (χ0n) is 8.71. The minimum atomic E-state index is 0.315. The number of amidine groups is 1. The van der Waals surface area contributed by atoms with Gasteiger partial charge < -0.3 is 5.32 Å². The second-order valence-electron chi connectivity index (χ2n) is 3.44. The number of hydrogen-bond acceptors (Lipinski definition) is 1. The first-order chi connectivity index (χ1) is 6.58. The van der Waals surface area contributed by atoms with Crippen LogP contribution < -0.4 is 5.32 Å². The van der Waals surface area contributed by atoms with E-state index in [-0.39, 0.29) is 0 Å². The lowest BCUT2D eigenvalue weighted by atomic mass is 10.3. The number of nitrogens with zero attached hydrogens (tertiary/aromatic N) is 1. The first-order valence-electron chi connectivity index (χ1n) is 4.65. The molecule has 0 amide bonds. The molecule has 76 valence electrons. The van der Waals surface area contributed by atoms with Gasteiger partial charge in [0.2, 0.25) is 0 Å². The molecule has 0 saturated carbocycles. The van der Waals surface area contributed by atoms with Gasteiger partial charge in [0, 0.05) is 16.8 Å². The van der Waals surface area contributed by atoms with Crippen LogP contribution in [0.5, 0.6) is 0 Å². The molecule has 0 aliphatic carbocycles. The number of anilines is 1. The monoisotopic (exact) mass is 210 g/mol. The van der Waals surface area contributed by atoms with E-state index >= 15 is 0 Å². The zero-order chi connectivity index (χ0) is 10.6. The molecule has 1 rings (SSSR count). The van der Waals surface area contributed by atoms with E-state index in [0.29, 0.717) is 6.04 Å². The Morgan fingerprint density at radius 2 is 1.86 bits per heavy atom. The van der Waals surface area contributed by atoms with Crippen molar-refractivity contribution in [3.63, 3.8) is 0 Å². The van der Waals surface area contributed by atoms with E-state index in [1.807, 2.05) is 45.0 Å². The maximum Gasteiger partial charge on any atom is 0.0978 e. The van der Waals surface area contributed by atoms with Crippen LogP contribution in [0.2, 0.25) is 5.02 Å². The van der Waals surface area contributed by atoms with Gasteiger partial charge in [-0.2, -0.15) is 0 Å². The van der Waals surface area contributed by atoms with Crippen molar-refractivity contribution in [2.45, 2.75) is 26.8 Å². The molecule has 0 heterocycles. The average Bonchev–Trinajstić information content (AvgIpc) is 2.07. The van der Waals surface area contributed by atoms with Crippen molar-refractivity contribution in [3.8, 4) is 0 Å². The van der Waals surface area contributed by atoms with Crippen molar-refractivity contribution in [1.29, 1.82) is 0 Å². The van der Waals surface area contributed by atoms with Crippen molar-refractivity contribution < 1.29 is 0 Å². The number of rotatable bonds is 2. The number of hydrogen-bond donors (Lipinski definition) is 1. The standard InChI is InChI=1S/C11H15ClN2/c1-8(2)13-9(3)14-11-6-4-10(12)5-7-11/h4-8H,1-3H3,(H,13,14). The van der Waals surface area contributed by atoms with Crippen LogP contribution >= 0.6 is 11.6 Å². The van der Waals surface area contributed by atoms with Gasteiger partial charge in [-0.3, -0.25) is 4.99 Å². The predicted molar refractivity (Wildman–Crippen MR) is 63.3 cm³/mol. The fourth-order valence-corrected chi connectivity index (χ4v) is 1.29. The highest BCUT2D eigenvalue weighted by molar-refractivity contribution is 6.30. The lowest BCUT2D eigenvalue weighted by Crippen LogP contribution is -2.09. The van der Waals surface area contributed by atoms with Gasteiger partial charge in [0.15, 0.2) is 0 Å². The summed E-state index contributed by atoms with van der Waals surface area (Å²) in [7, 11) is 0. The summed E-state index contributed by atoms with van der Waals surface area (Å²) in [5, 5.41) is 3.94. The largest absolute Gasteiger partial charge is 0.344 e. The summed E-state index contributed by atoms with van der Waals surface area (Å²) >= 11 is 5.77. The summed E-state index contributed by atoms with van der Waals surface area (Å²) in [4.78, 5) is 4.37. The van der Waals surface area contributed by atoms with Gasteiger partial charge in [-0.25, -0.2) is 0 Å². The molecule has 1 aromatic carbocycles. The number of nitrogens with one attached hydrogen (secondary N) is 1. The predicted octanol–water partition coefficient (Wildman–Crippen LogP) is 3.58. The van der Waals surface area contributed by atoms with Gasteiger partial charge in [-0.1, -0.05) is 11.6 Å². The number of benzene rings is 1. The van der Waals surface area contributed by atoms with E-state index in [1.54, 1.807) is 0 Å². The molecule has 1 N–H and O–H groups in total. The first-order valence-corrected chi connectivity index (χ1v) is 5.02. The summed E-state index contributed by atoms with van der Waals surface area (Å²) in [6, 6.07) is 7.89.